The second-order valence-corrected chi connectivity index (χ2v) is 13.4. The molecule has 1 aromatic carbocycles. The molecule has 2 aliphatic heterocycles. The molecule has 17 heteroatoms. The molecular weight excluding hydrogens is 645 g/mol. The summed E-state index contributed by atoms with van der Waals surface area (Å²) in [4.78, 5) is 18.9. The number of nitriles is 1. The van der Waals surface area contributed by atoms with Gasteiger partial charge >= 0.3 is 13.7 Å². The molecule has 6 atom stereocenters. The lowest BCUT2D eigenvalue weighted by molar-refractivity contribution is -0.146. The van der Waals surface area contributed by atoms with Crippen molar-refractivity contribution in [3.8, 4) is 11.8 Å². The number of aliphatic hydroxyl groups is 2. The first kappa shape index (κ1) is 35.5. The van der Waals surface area contributed by atoms with Gasteiger partial charge in [0.25, 0.3) is 0 Å². The van der Waals surface area contributed by atoms with Gasteiger partial charge in [-0.1, -0.05) is 26.7 Å². The van der Waals surface area contributed by atoms with Crippen LogP contribution in [0.4, 0.5) is 11.5 Å². The van der Waals surface area contributed by atoms with Gasteiger partial charge in [-0.05, 0) is 49.2 Å². The van der Waals surface area contributed by atoms with E-state index in [1.807, 2.05) is 19.9 Å². The van der Waals surface area contributed by atoms with E-state index in [2.05, 4.69) is 20.1 Å². The molecule has 2 saturated heterocycles. The van der Waals surface area contributed by atoms with Gasteiger partial charge in [-0.15, -0.1) is 0 Å². The molecule has 2 aromatic heterocycles. The van der Waals surface area contributed by atoms with Gasteiger partial charge in [0.1, 0.15) is 48.0 Å². The van der Waals surface area contributed by atoms with E-state index in [-0.39, 0.29) is 29.8 Å². The quantitative estimate of drug-likeness (QED) is 0.141. The highest BCUT2D eigenvalue weighted by atomic mass is 31.2. The zero-order chi connectivity index (χ0) is 34.5. The number of nitrogens with zero attached hydrogens (tertiary/aromatic N) is 5. The van der Waals surface area contributed by atoms with Gasteiger partial charge < -0.3 is 39.6 Å². The number of nitrogens with two attached hydrogens (primary N) is 1. The molecule has 0 bridgehead atoms. The molecule has 3 aromatic rings. The minimum Gasteiger partial charge on any atom is -0.464 e. The highest BCUT2D eigenvalue weighted by Gasteiger charge is 2.58. The monoisotopic (exact) mass is 687 g/mol. The van der Waals surface area contributed by atoms with Crippen LogP contribution in [-0.4, -0.2) is 94.7 Å². The Labute approximate surface area is 278 Å². The maximum Gasteiger partial charge on any atom is 0.459 e. The molecule has 0 spiro atoms. The van der Waals surface area contributed by atoms with E-state index in [0.29, 0.717) is 18.7 Å². The fourth-order valence-corrected chi connectivity index (χ4v) is 7.13. The fraction of sp³-hybridized carbons (Fsp3) is 0.548. The molecular formula is C31H42N7O9P. The predicted octanol–water partition coefficient (Wildman–Crippen LogP) is 2.15. The summed E-state index contributed by atoms with van der Waals surface area (Å²) >= 11 is 0. The number of aromatic nitrogens is 3. The lowest BCUT2D eigenvalue weighted by Crippen LogP contribution is -2.41. The summed E-state index contributed by atoms with van der Waals surface area (Å²) in [5.74, 6) is -0.170. The minimum absolute atomic E-state index is 0.0925. The number of morpholine rings is 1. The Morgan fingerprint density at radius 3 is 2.58 bits per heavy atom. The lowest BCUT2D eigenvalue weighted by Gasteiger charge is -2.29. The predicted molar refractivity (Wildman–Crippen MR) is 173 cm³/mol. The summed E-state index contributed by atoms with van der Waals surface area (Å²) in [5.41, 5.74) is 5.21. The second kappa shape index (κ2) is 15.2. The van der Waals surface area contributed by atoms with Crippen LogP contribution in [0, 0.1) is 17.2 Å². The smallest absolute Gasteiger partial charge is 0.459 e. The number of nitrogen functional groups attached to an aromatic ring is 1. The number of hydrogen-bond acceptors (Lipinski definition) is 14. The maximum absolute atomic E-state index is 14.3. The van der Waals surface area contributed by atoms with Crippen LogP contribution in [0.3, 0.4) is 0 Å². The molecule has 2 aliphatic rings. The van der Waals surface area contributed by atoms with Gasteiger partial charge in [0.2, 0.25) is 5.60 Å². The van der Waals surface area contributed by atoms with Gasteiger partial charge in [-0.2, -0.15) is 15.4 Å². The van der Waals surface area contributed by atoms with Crippen molar-refractivity contribution in [2.45, 2.75) is 63.6 Å². The van der Waals surface area contributed by atoms with Crippen LogP contribution < -0.4 is 20.2 Å². The molecule has 5 rings (SSSR count). The van der Waals surface area contributed by atoms with E-state index in [1.54, 1.807) is 30.3 Å². The molecule has 4 heterocycles. The van der Waals surface area contributed by atoms with Crippen molar-refractivity contribution in [3.63, 3.8) is 0 Å². The van der Waals surface area contributed by atoms with Gasteiger partial charge in [0.05, 0.1) is 32.1 Å². The number of nitrogens with one attached hydrogen (secondary N) is 1. The van der Waals surface area contributed by atoms with Crippen molar-refractivity contribution in [3.05, 3.63) is 48.4 Å². The zero-order valence-corrected chi connectivity index (χ0v) is 28.0. The number of ether oxygens (including phenoxy) is 3. The third-order valence-electron chi connectivity index (χ3n) is 8.66. The van der Waals surface area contributed by atoms with Gasteiger partial charge in [0, 0.05) is 18.8 Å². The summed E-state index contributed by atoms with van der Waals surface area (Å²) in [6.45, 7) is 7.73. The highest BCUT2D eigenvalue weighted by Crippen LogP contribution is 2.47. The van der Waals surface area contributed by atoms with Crippen LogP contribution in [-0.2, 0) is 33.7 Å². The Bertz CT molecular complexity index is 1640. The van der Waals surface area contributed by atoms with E-state index < -0.39 is 50.3 Å². The number of carbonyl (C=O) groups is 1. The largest absolute Gasteiger partial charge is 0.464 e. The van der Waals surface area contributed by atoms with E-state index in [1.165, 1.54) is 23.8 Å². The van der Waals surface area contributed by atoms with Crippen LogP contribution in [0.15, 0.2) is 42.7 Å². The summed E-state index contributed by atoms with van der Waals surface area (Å²) in [6, 6.07) is 10.7. The zero-order valence-electron chi connectivity index (χ0n) is 27.1. The normalized spacial score (nSPS) is 24.7. The van der Waals surface area contributed by atoms with E-state index in [0.717, 1.165) is 31.6 Å². The van der Waals surface area contributed by atoms with Crippen LogP contribution in [0.25, 0.3) is 5.52 Å². The molecule has 260 valence electrons. The summed E-state index contributed by atoms with van der Waals surface area (Å²) < 4.78 is 44.0. The molecule has 0 radical (unpaired) electrons. The number of anilines is 2. The average Bonchev–Trinajstić information content (AvgIpc) is 3.64. The Kier molecular flexibility index (Phi) is 11.2. The van der Waals surface area contributed by atoms with Crippen molar-refractivity contribution in [2.24, 2.45) is 5.92 Å². The van der Waals surface area contributed by atoms with E-state index >= 15 is 0 Å². The topological polar surface area (TPSA) is 216 Å². The Morgan fingerprint density at radius 1 is 1.21 bits per heavy atom. The van der Waals surface area contributed by atoms with Crippen molar-refractivity contribution in [2.75, 3.05) is 50.2 Å². The first-order chi connectivity index (χ1) is 23.0. The van der Waals surface area contributed by atoms with Crippen molar-refractivity contribution < 1.29 is 42.8 Å². The number of carbonyl (C=O) groups excluding carboxylic acids is 1. The summed E-state index contributed by atoms with van der Waals surface area (Å²) in [6.07, 6.45) is -1.93. The van der Waals surface area contributed by atoms with Crippen LogP contribution in [0.2, 0.25) is 0 Å². The molecule has 5 N–H and O–H groups in total. The number of hydrogen-bond donors (Lipinski definition) is 4. The van der Waals surface area contributed by atoms with E-state index in [4.69, 9.17) is 29.0 Å². The molecule has 16 nitrogen and oxygen atoms in total. The number of benzene rings is 1. The standard InChI is InChI=1S/C31H42N7O9P/c1-4-21(5-2)16-44-30(41)20(3)36-48(42,47-23-8-6-22(7-9-23)37-12-14-43-15-13-37)45-17-25-27(39)28(40)31(18-32,46-25)26-11-10-24-29(33)34-19-35-38(24)26/h6-11,19-21,25,27-28,39-40H,4-5,12-17H2,1-3H3,(H,36,42)(H2,33,34,35)/t20-,25+,27+,28+,31-,48?/m0/s1. The van der Waals surface area contributed by atoms with Crippen LogP contribution in [0.1, 0.15) is 39.3 Å². The molecule has 48 heavy (non-hydrogen) atoms. The summed E-state index contributed by atoms with van der Waals surface area (Å²) in [5, 5.41) is 39.1. The number of rotatable bonds is 14. The fourth-order valence-electron chi connectivity index (χ4n) is 5.63. The second-order valence-electron chi connectivity index (χ2n) is 11.7. The molecule has 1 unspecified atom stereocenters. The van der Waals surface area contributed by atoms with Crippen molar-refractivity contribution in [1.82, 2.24) is 19.7 Å². The van der Waals surface area contributed by atoms with Crippen LogP contribution >= 0.6 is 7.75 Å². The third-order valence-corrected chi connectivity index (χ3v) is 10.3. The van der Waals surface area contributed by atoms with Crippen molar-refractivity contribution in [1.29, 1.82) is 5.26 Å². The third kappa shape index (κ3) is 7.42. The minimum atomic E-state index is -4.40. The first-order valence-electron chi connectivity index (χ1n) is 15.9. The number of fused-ring (bicyclic) bond motifs is 1. The molecule has 2 fully saturated rings. The Balaban J connectivity index is 1.35. The molecule has 0 aliphatic carbocycles. The SMILES string of the molecule is CCC(CC)COC(=O)[C@H](C)NP(=O)(OC[C@H]1O[C@@](C#N)(c2ccc3c(N)ncnn23)[C@H](O)[C@@H]1O)Oc1ccc(N2CCOCC2)cc1. The Hall–Kier alpha value is -3.81. The average molecular weight is 688 g/mol. The van der Waals surface area contributed by atoms with E-state index in [9.17, 15) is 24.8 Å². The lowest BCUT2D eigenvalue weighted by atomic mass is 9.92. The van der Waals surface area contributed by atoms with Gasteiger partial charge in [-0.25, -0.2) is 14.1 Å². The number of aliphatic hydroxyl groups excluding tert-OH is 2. The van der Waals surface area contributed by atoms with Crippen LogP contribution in [0.5, 0.6) is 5.75 Å². The van der Waals surface area contributed by atoms with Crippen molar-refractivity contribution >= 4 is 30.7 Å². The molecule has 0 saturated carbocycles. The molecule has 0 amide bonds. The van der Waals surface area contributed by atoms with Gasteiger partial charge in [0.15, 0.2) is 5.82 Å². The summed E-state index contributed by atoms with van der Waals surface area (Å²) in [7, 11) is -4.40. The number of esters is 1. The highest BCUT2D eigenvalue weighted by molar-refractivity contribution is 7.52. The van der Waals surface area contributed by atoms with Gasteiger partial charge in [-0.3, -0.25) is 9.32 Å². The first-order valence-corrected chi connectivity index (χ1v) is 17.4. The Morgan fingerprint density at radius 2 is 1.92 bits per heavy atom. The maximum atomic E-state index is 14.3.